The van der Waals surface area contributed by atoms with Crippen molar-refractivity contribution in [2.24, 2.45) is 5.73 Å². The van der Waals surface area contributed by atoms with E-state index in [1.54, 1.807) is 31.2 Å². The fraction of sp³-hybridized carbons (Fsp3) is 0.125. The molecule has 0 saturated heterocycles. The topological polar surface area (TPSA) is 80.4 Å². The standard InChI is InChI=1S/C8H8BrNO.C8H7BrO2/c2*1-5-6(8(10)11)3-2-4-7(5)9/h2-4H,1H3,(H2,10,11);2-4H,1H3,(H,10,11). The van der Waals surface area contributed by atoms with Gasteiger partial charge in [-0.3, -0.25) is 4.79 Å². The second-order valence-electron chi connectivity index (χ2n) is 4.49. The van der Waals surface area contributed by atoms with Crippen LogP contribution in [-0.2, 0) is 0 Å². The number of aromatic carboxylic acids is 1. The van der Waals surface area contributed by atoms with Crippen LogP contribution in [0.5, 0.6) is 0 Å². The zero-order valence-electron chi connectivity index (χ0n) is 12.1. The average Bonchev–Trinajstić information content (AvgIpc) is 2.45. The smallest absolute Gasteiger partial charge is 0.335 e. The third-order valence-electron chi connectivity index (χ3n) is 3.03. The van der Waals surface area contributed by atoms with E-state index < -0.39 is 5.97 Å². The number of primary amides is 1. The lowest BCUT2D eigenvalue weighted by molar-refractivity contribution is 0.0695. The highest BCUT2D eigenvalue weighted by atomic mass is 79.9. The lowest BCUT2D eigenvalue weighted by Gasteiger charge is -2.01. The van der Waals surface area contributed by atoms with Crippen LogP contribution in [0.4, 0.5) is 0 Å². The number of carboxylic acid groups (broad SMARTS) is 1. The van der Waals surface area contributed by atoms with E-state index >= 15 is 0 Å². The molecule has 0 heterocycles. The largest absolute Gasteiger partial charge is 0.478 e. The van der Waals surface area contributed by atoms with Gasteiger partial charge in [0, 0.05) is 14.5 Å². The van der Waals surface area contributed by atoms with Gasteiger partial charge in [0.1, 0.15) is 0 Å². The van der Waals surface area contributed by atoms with Crippen molar-refractivity contribution in [2.75, 3.05) is 0 Å². The molecule has 4 nitrogen and oxygen atoms in total. The van der Waals surface area contributed by atoms with Gasteiger partial charge in [-0.1, -0.05) is 44.0 Å². The SMILES string of the molecule is Cc1c(Br)cccc1C(=O)O.Cc1c(Br)cccc1C(N)=O. The summed E-state index contributed by atoms with van der Waals surface area (Å²) >= 11 is 6.56. The van der Waals surface area contributed by atoms with Crippen molar-refractivity contribution < 1.29 is 14.7 Å². The van der Waals surface area contributed by atoms with Crippen LogP contribution in [0, 0.1) is 13.8 Å². The second-order valence-corrected chi connectivity index (χ2v) is 6.20. The summed E-state index contributed by atoms with van der Waals surface area (Å²) < 4.78 is 1.74. The van der Waals surface area contributed by atoms with Gasteiger partial charge in [-0.15, -0.1) is 0 Å². The number of nitrogens with two attached hydrogens (primary N) is 1. The van der Waals surface area contributed by atoms with Gasteiger partial charge in [0.2, 0.25) is 5.91 Å². The number of amides is 1. The van der Waals surface area contributed by atoms with E-state index in [-0.39, 0.29) is 5.91 Å². The summed E-state index contributed by atoms with van der Waals surface area (Å²) in [6, 6.07) is 10.5. The molecule has 0 atom stereocenters. The first kappa shape index (κ1) is 18.4. The van der Waals surface area contributed by atoms with Gasteiger partial charge >= 0.3 is 5.97 Å². The van der Waals surface area contributed by atoms with Crippen LogP contribution in [0.2, 0.25) is 0 Å². The van der Waals surface area contributed by atoms with Crippen molar-refractivity contribution in [1.29, 1.82) is 0 Å². The molecule has 22 heavy (non-hydrogen) atoms. The summed E-state index contributed by atoms with van der Waals surface area (Å²) in [5.41, 5.74) is 7.69. The van der Waals surface area contributed by atoms with E-state index in [0.717, 1.165) is 20.1 Å². The Balaban J connectivity index is 0.000000220. The number of hydrogen-bond donors (Lipinski definition) is 2. The van der Waals surface area contributed by atoms with E-state index in [0.29, 0.717) is 11.1 Å². The van der Waals surface area contributed by atoms with Crippen LogP contribution in [0.1, 0.15) is 31.8 Å². The Labute approximate surface area is 145 Å². The number of carboxylic acids is 1. The van der Waals surface area contributed by atoms with Gasteiger partial charge in [-0.25, -0.2) is 4.79 Å². The van der Waals surface area contributed by atoms with Crippen molar-refractivity contribution in [3.8, 4) is 0 Å². The third kappa shape index (κ3) is 4.68. The molecular formula is C16H15Br2NO3. The van der Waals surface area contributed by atoms with E-state index in [9.17, 15) is 9.59 Å². The fourth-order valence-corrected chi connectivity index (χ4v) is 2.45. The number of benzene rings is 2. The van der Waals surface area contributed by atoms with Crippen LogP contribution in [0.3, 0.4) is 0 Å². The number of hydrogen-bond acceptors (Lipinski definition) is 2. The molecule has 6 heteroatoms. The molecule has 0 aromatic heterocycles. The molecule has 0 aliphatic heterocycles. The van der Waals surface area contributed by atoms with E-state index in [2.05, 4.69) is 31.9 Å². The van der Waals surface area contributed by atoms with Crippen molar-refractivity contribution in [3.63, 3.8) is 0 Å². The highest BCUT2D eigenvalue weighted by molar-refractivity contribution is 9.10. The molecule has 0 aliphatic carbocycles. The van der Waals surface area contributed by atoms with E-state index in [4.69, 9.17) is 10.8 Å². The summed E-state index contributed by atoms with van der Waals surface area (Å²) in [5, 5.41) is 8.67. The first-order valence-corrected chi connectivity index (χ1v) is 7.87. The molecule has 1 amide bonds. The number of carbonyl (C=O) groups excluding carboxylic acids is 1. The van der Waals surface area contributed by atoms with Crippen LogP contribution in [0.15, 0.2) is 45.3 Å². The highest BCUT2D eigenvalue weighted by Crippen LogP contribution is 2.19. The average molecular weight is 429 g/mol. The second kappa shape index (κ2) is 8.10. The quantitative estimate of drug-likeness (QED) is 0.747. The molecule has 0 spiro atoms. The molecule has 2 aromatic rings. The Morgan fingerprint density at radius 2 is 1.32 bits per heavy atom. The van der Waals surface area contributed by atoms with Gasteiger partial charge in [0.05, 0.1) is 5.56 Å². The Morgan fingerprint density at radius 3 is 1.64 bits per heavy atom. The van der Waals surface area contributed by atoms with Crippen LogP contribution >= 0.6 is 31.9 Å². The maximum Gasteiger partial charge on any atom is 0.335 e. The Hall–Kier alpha value is -1.66. The Kier molecular flexibility index (Phi) is 6.77. The minimum Gasteiger partial charge on any atom is -0.478 e. The number of rotatable bonds is 2. The predicted molar refractivity (Wildman–Crippen MR) is 93.2 cm³/mol. The lowest BCUT2D eigenvalue weighted by Crippen LogP contribution is -2.12. The van der Waals surface area contributed by atoms with Crippen molar-refractivity contribution in [2.45, 2.75) is 13.8 Å². The van der Waals surface area contributed by atoms with E-state index in [1.165, 1.54) is 0 Å². The van der Waals surface area contributed by atoms with Crippen molar-refractivity contribution >= 4 is 43.7 Å². The molecule has 0 bridgehead atoms. The molecular weight excluding hydrogens is 414 g/mol. The van der Waals surface area contributed by atoms with Gasteiger partial charge in [-0.05, 0) is 49.2 Å². The van der Waals surface area contributed by atoms with Gasteiger partial charge in [0.25, 0.3) is 0 Å². The van der Waals surface area contributed by atoms with Gasteiger partial charge < -0.3 is 10.8 Å². The summed E-state index contributed by atoms with van der Waals surface area (Å²) in [4.78, 5) is 21.3. The highest BCUT2D eigenvalue weighted by Gasteiger charge is 2.07. The first-order valence-electron chi connectivity index (χ1n) is 6.29. The molecule has 0 unspecified atom stereocenters. The third-order valence-corrected chi connectivity index (χ3v) is 4.75. The Morgan fingerprint density at radius 1 is 0.909 bits per heavy atom. The number of carbonyl (C=O) groups is 2. The van der Waals surface area contributed by atoms with Gasteiger partial charge in [-0.2, -0.15) is 0 Å². The molecule has 2 aromatic carbocycles. The first-order chi connectivity index (χ1) is 10.3. The fourth-order valence-electron chi connectivity index (χ4n) is 1.71. The van der Waals surface area contributed by atoms with Crippen molar-refractivity contribution in [1.82, 2.24) is 0 Å². The zero-order chi connectivity index (χ0) is 16.9. The van der Waals surface area contributed by atoms with Crippen LogP contribution in [0.25, 0.3) is 0 Å². The molecule has 0 fully saturated rings. The van der Waals surface area contributed by atoms with E-state index in [1.807, 2.05) is 19.1 Å². The minimum atomic E-state index is -0.885. The summed E-state index contributed by atoms with van der Waals surface area (Å²) in [7, 11) is 0. The zero-order valence-corrected chi connectivity index (χ0v) is 15.2. The maximum atomic E-state index is 10.8. The van der Waals surface area contributed by atoms with Crippen LogP contribution in [-0.4, -0.2) is 17.0 Å². The van der Waals surface area contributed by atoms with Gasteiger partial charge in [0.15, 0.2) is 0 Å². The molecule has 3 N–H and O–H groups in total. The molecule has 2 rings (SSSR count). The lowest BCUT2D eigenvalue weighted by atomic mass is 10.1. The molecule has 116 valence electrons. The summed E-state index contributed by atoms with van der Waals surface area (Å²) in [5.74, 6) is -1.27. The monoisotopic (exact) mass is 427 g/mol. The van der Waals surface area contributed by atoms with Crippen molar-refractivity contribution in [3.05, 3.63) is 67.6 Å². The van der Waals surface area contributed by atoms with Crippen LogP contribution < -0.4 is 5.73 Å². The minimum absolute atomic E-state index is 0.347. The predicted octanol–water partition coefficient (Wildman–Crippen LogP) is 4.31. The number of halogens is 2. The molecule has 0 radical (unpaired) electrons. The maximum absolute atomic E-state index is 10.8. The molecule has 0 saturated carbocycles. The Bertz CT molecular complexity index is 653. The normalized spacial score (nSPS) is 9.64. The molecule has 0 aliphatic rings. The summed E-state index contributed by atoms with van der Waals surface area (Å²) in [6.07, 6.45) is 0. The summed E-state index contributed by atoms with van der Waals surface area (Å²) in [6.45, 7) is 3.62.